The highest BCUT2D eigenvalue weighted by atomic mass is 32.1. The number of hydrogen-bond acceptors (Lipinski definition) is 8. The van der Waals surface area contributed by atoms with Crippen LogP contribution in [0.3, 0.4) is 0 Å². The molecule has 0 radical (unpaired) electrons. The molecule has 4 rings (SSSR count). The van der Waals surface area contributed by atoms with Crippen LogP contribution >= 0.6 is 11.3 Å². The van der Waals surface area contributed by atoms with Crippen LogP contribution in [0.1, 0.15) is 79.6 Å². The third kappa shape index (κ3) is 9.06. The lowest BCUT2D eigenvalue weighted by molar-refractivity contribution is 0.0784. The van der Waals surface area contributed by atoms with Gasteiger partial charge in [0.2, 0.25) is 0 Å². The second-order valence-corrected chi connectivity index (χ2v) is 12.7. The molecule has 2 N–H and O–H groups in total. The third-order valence-electron chi connectivity index (χ3n) is 7.63. The Morgan fingerprint density at radius 3 is 2.31 bits per heavy atom. The topological polar surface area (TPSA) is 116 Å². The Morgan fingerprint density at radius 1 is 0.978 bits per heavy atom. The number of rotatable bonds is 13. The van der Waals surface area contributed by atoms with Crippen molar-refractivity contribution in [2.75, 3.05) is 25.5 Å². The molecule has 2 heterocycles. The molecule has 0 aliphatic rings. The van der Waals surface area contributed by atoms with E-state index in [2.05, 4.69) is 29.1 Å². The van der Waals surface area contributed by atoms with Crippen LogP contribution in [0.4, 0.5) is 5.69 Å². The van der Waals surface area contributed by atoms with E-state index in [4.69, 9.17) is 0 Å². The standard InChI is InChI=1S/C35H41N5O4S/c1-22(2)29-16-30(18-36-17-29)39(5)19-32(42)31(12-25-10-8-7-9-11-25)38-34(43)27-13-26(24(4)41)14-28(15-27)35(44)40(6)20-33-37-23(3)21-45-33/h7-11,13-18,21-22,31-32,42H,12,19-20H2,1-6H3,(H,38,43)/t31-,32+/m0/s1. The summed E-state index contributed by atoms with van der Waals surface area (Å²) in [7, 11) is 3.54. The number of amides is 2. The molecule has 236 valence electrons. The van der Waals surface area contributed by atoms with Crippen LogP contribution in [0.15, 0.2) is 72.4 Å². The van der Waals surface area contributed by atoms with Gasteiger partial charge in [0.05, 0.1) is 30.6 Å². The first-order valence-electron chi connectivity index (χ1n) is 14.9. The van der Waals surface area contributed by atoms with Crippen LogP contribution in [0.5, 0.6) is 0 Å². The maximum Gasteiger partial charge on any atom is 0.254 e. The van der Waals surface area contributed by atoms with Crippen LogP contribution in [0.25, 0.3) is 0 Å². The lowest BCUT2D eigenvalue weighted by atomic mass is 9.98. The summed E-state index contributed by atoms with van der Waals surface area (Å²) in [6.45, 7) is 8.03. The van der Waals surface area contributed by atoms with E-state index >= 15 is 0 Å². The average molecular weight is 628 g/mol. The monoisotopic (exact) mass is 627 g/mol. The van der Waals surface area contributed by atoms with Gasteiger partial charge in [-0.1, -0.05) is 44.2 Å². The number of Topliss-reactive ketones (excluding diaryl/α,β-unsaturated/α-hetero) is 1. The van der Waals surface area contributed by atoms with E-state index < -0.39 is 18.1 Å². The Bertz CT molecular complexity index is 1640. The van der Waals surface area contributed by atoms with Crippen molar-refractivity contribution in [3.63, 3.8) is 0 Å². The number of nitrogens with zero attached hydrogens (tertiary/aromatic N) is 4. The number of hydrogen-bond donors (Lipinski definition) is 2. The molecule has 0 fully saturated rings. The van der Waals surface area contributed by atoms with Gasteiger partial charge in [-0.3, -0.25) is 19.4 Å². The summed E-state index contributed by atoms with van der Waals surface area (Å²) in [4.78, 5) is 51.8. The molecule has 45 heavy (non-hydrogen) atoms. The highest BCUT2D eigenvalue weighted by Gasteiger charge is 2.26. The highest BCUT2D eigenvalue weighted by Crippen LogP contribution is 2.21. The van der Waals surface area contributed by atoms with Gasteiger partial charge in [-0.25, -0.2) is 4.98 Å². The first kappa shape index (κ1) is 33.5. The molecule has 2 aromatic carbocycles. The van der Waals surface area contributed by atoms with E-state index in [1.54, 1.807) is 13.2 Å². The van der Waals surface area contributed by atoms with Gasteiger partial charge in [0.1, 0.15) is 5.01 Å². The smallest absolute Gasteiger partial charge is 0.254 e. The fourth-order valence-electron chi connectivity index (χ4n) is 4.94. The second-order valence-electron chi connectivity index (χ2n) is 11.7. The number of aromatic nitrogens is 2. The number of thiazole rings is 1. The Balaban J connectivity index is 1.58. The number of nitrogens with one attached hydrogen (secondary N) is 1. The Morgan fingerprint density at radius 2 is 1.67 bits per heavy atom. The largest absolute Gasteiger partial charge is 0.389 e. The molecule has 0 saturated carbocycles. The van der Waals surface area contributed by atoms with Gasteiger partial charge < -0.3 is 20.2 Å². The van der Waals surface area contributed by atoms with Crippen LogP contribution in [0.2, 0.25) is 0 Å². The number of carbonyl (C=O) groups is 3. The van der Waals surface area contributed by atoms with Gasteiger partial charge in [0, 0.05) is 54.6 Å². The summed E-state index contributed by atoms with van der Waals surface area (Å²) in [5.41, 5.74) is 4.42. The van der Waals surface area contributed by atoms with E-state index in [0.29, 0.717) is 18.9 Å². The van der Waals surface area contributed by atoms with Crippen molar-refractivity contribution in [3.8, 4) is 0 Å². The van der Waals surface area contributed by atoms with Gasteiger partial charge in [0.25, 0.3) is 11.8 Å². The number of anilines is 1. The number of likely N-dealkylation sites (N-methyl/N-ethyl adjacent to an activating group) is 1. The molecular weight excluding hydrogens is 586 g/mol. The molecule has 10 heteroatoms. The van der Waals surface area contributed by atoms with E-state index in [0.717, 1.165) is 27.5 Å². The zero-order valence-corrected chi connectivity index (χ0v) is 27.5. The quantitative estimate of drug-likeness (QED) is 0.194. The number of aryl methyl sites for hydroxylation is 1. The van der Waals surface area contributed by atoms with E-state index in [1.165, 1.54) is 41.4 Å². The zero-order valence-electron chi connectivity index (χ0n) is 26.7. The first-order chi connectivity index (χ1) is 21.4. The molecule has 0 aliphatic carbocycles. The van der Waals surface area contributed by atoms with Crippen molar-refractivity contribution in [1.82, 2.24) is 20.2 Å². The fourth-order valence-corrected chi connectivity index (χ4v) is 5.77. The number of benzene rings is 2. The minimum Gasteiger partial charge on any atom is -0.389 e. The van der Waals surface area contributed by atoms with Gasteiger partial charge in [-0.15, -0.1) is 11.3 Å². The Labute approximate surface area is 269 Å². The number of aliphatic hydroxyl groups is 1. The number of carbonyl (C=O) groups excluding carboxylic acids is 3. The van der Waals surface area contributed by atoms with E-state index in [-0.39, 0.29) is 34.9 Å². The van der Waals surface area contributed by atoms with Gasteiger partial charge in [-0.05, 0) is 61.6 Å². The lowest BCUT2D eigenvalue weighted by Crippen LogP contribution is -2.49. The Kier molecular flexibility index (Phi) is 11.2. The molecule has 0 saturated heterocycles. The molecule has 2 aromatic heterocycles. The number of pyridine rings is 1. The summed E-state index contributed by atoms with van der Waals surface area (Å²) in [6.07, 6.45) is 3.01. The molecular formula is C35H41N5O4S. The van der Waals surface area contributed by atoms with Crippen LogP contribution in [0, 0.1) is 6.92 Å². The fraction of sp³-hybridized carbons (Fsp3) is 0.343. The van der Waals surface area contributed by atoms with Crippen molar-refractivity contribution in [2.24, 2.45) is 0 Å². The molecule has 2 atom stereocenters. The molecule has 0 unspecified atom stereocenters. The molecule has 0 aliphatic heterocycles. The van der Waals surface area contributed by atoms with E-state index in [1.807, 2.05) is 66.8 Å². The molecule has 0 bridgehead atoms. The van der Waals surface area contributed by atoms with Gasteiger partial charge in [-0.2, -0.15) is 0 Å². The molecule has 0 spiro atoms. The van der Waals surface area contributed by atoms with E-state index in [9.17, 15) is 19.5 Å². The number of aliphatic hydroxyl groups excluding tert-OH is 1. The van der Waals surface area contributed by atoms with Gasteiger partial charge in [0.15, 0.2) is 5.78 Å². The minimum atomic E-state index is -0.952. The third-order valence-corrected chi connectivity index (χ3v) is 8.58. The summed E-state index contributed by atoms with van der Waals surface area (Å²) < 4.78 is 0. The SMILES string of the molecule is CC(=O)c1cc(C(=O)N[C@@H](Cc2ccccc2)[C@H](O)CN(C)c2cncc(C(C)C)c2)cc(C(=O)N(C)Cc2nc(C)cs2)c1. The summed E-state index contributed by atoms with van der Waals surface area (Å²) >= 11 is 1.47. The minimum absolute atomic E-state index is 0.164. The van der Waals surface area contributed by atoms with Crippen molar-refractivity contribution < 1.29 is 19.5 Å². The summed E-state index contributed by atoms with van der Waals surface area (Å²) in [6, 6.07) is 15.5. The lowest BCUT2D eigenvalue weighted by Gasteiger charge is -2.29. The maximum absolute atomic E-state index is 13.7. The number of ketones is 1. The van der Waals surface area contributed by atoms with Crippen LogP contribution < -0.4 is 10.2 Å². The molecule has 2 amide bonds. The average Bonchev–Trinajstić information content (AvgIpc) is 3.44. The second kappa shape index (κ2) is 15.0. The highest BCUT2D eigenvalue weighted by molar-refractivity contribution is 7.09. The summed E-state index contributed by atoms with van der Waals surface area (Å²) in [5, 5.41) is 17.2. The van der Waals surface area contributed by atoms with Gasteiger partial charge >= 0.3 is 0 Å². The summed E-state index contributed by atoms with van der Waals surface area (Å²) in [5.74, 6) is -0.785. The molecule has 9 nitrogen and oxygen atoms in total. The van der Waals surface area contributed by atoms with Crippen molar-refractivity contribution in [3.05, 3.63) is 111 Å². The maximum atomic E-state index is 13.7. The predicted octanol–water partition coefficient (Wildman–Crippen LogP) is 5.28. The molecule has 4 aromatic rings. The predicted molar refractivity (Wildman–Crippen MR) is 178 cm³/mol. The first-order valence-corrected chi connectivity index (χ1v) is 15.8. The van der Waals surface area contributed by atoms with Crippen LogP contribution in [-0.2, 0) is 13.0 Å². The van der Waals surface area contributed by atoms with Crippen molar-refractivity contribution in [1.29, 1.82) is 0 Å². The Hall–Kier alpha value is -4.41. The van der Waals surface area contributed by atoms with Crippen molar-refractivity contribution in [2.45, 2.75) is 58.7 Å². The van der Waals surface area contributed by atoms with Crippen molar-refractivity contribution >= 4 is 34.6 Å². The zero-order chi connectivity index (χ0) is 32.7. The normalized spacial score (nSPS) is 12.4. The van der Waals surface area contributed by atoms with Crippen LogP contribution in [-0.4, -0.2) is 70.4 Å².